The Morgan fingerprint density at radius 1 is 0.611 bits per heavy atom. The fourth-order valence-electron chi connectivity index (χ4n) is 8.56. The minimum absolute atomic E-state index is 0.149. The zero-order valence-corrected chi connectivity index (χ0v) is 30.7. The van der Waals surface area contributed by atoms with E-state index in [1.807, 2.05) is 29.5 Å². The predicted molar refractivity (Wildman–Crippen MR) is 229 cm³/mol. The third kappa shape index (κ3) is 4.89. The van der Waals surface area contributed by atoms with Gasteiger partial charge in [-0.2, -0.15) is 0 Å². The first-order valence-corrected chi connectivity index (χ1v) is 19.6. The highest BCUT2D eigenvalue weighted by Gasteiger charge is 2.25. The van der Waals surface area contributed by atoms with Gasteiger partial charge in [0.2, 0.25) is 0 Å². The molecule has 1 aliphatic heterocycles. The van der Waals surface area contributed by atoms with Gasteiger partial charge in [-0.25, -0.2) is 4.99 Å². The number of benzene rings is 7. The Kier molecular flexibility index (Phi) is 7.32. The van der Waals surface area contributed by atoms with Crippen molar-refractivity contribution in [2.24, 2.45) is 9.98 Å². The summed E-state index contributed by atoms with van der Waals surface area (Å²) in [5, 5.41) is 7.52. The molecule has 7 aromatic carbocycles. The van der Waals surface area contributed by atoms with Gasteiger partial charge in [0, 0.05) is 58.5 Å². The normalized spacial score (nSPS) is 15.3. The molecule has 0 amide bonds. The quantitative estimate of drug-likeness (QED) is 0.178. The zero-order valence-electron chi connectivity index (χ0n) is 29.2. The molecule has 0 N–H and O–H groups in total. The zero-order chi connectivity index (χ0) is 35.8. The van der Waals surface area contributed by atoms with Crippen molar-refractivity contribution < 1.29 is 4.42 Å². The predicted octanol–water partition coefficient (Wildman–Crippen LogP) is 13.9. The fourth-order valence-corrected chi connectivity index (χ4v) is 9.98. The Balaban J connectivity index is 1.16. The van der Waals surface area contributed by atoms with Crippen molar-refractivity contribution >= 4 is 98.4 Å². The molecule has 0 fully saturated rings. The summed E-state index contributed by atoms with van der Waals surface area (Å²) in [4.78, 5) is 11.2. The first-order valence-electron chi connectivity index (χ1n) is 18.4. The molecular weight excluding hydrogens is 702 g/mol. The first-order chi connectivity index (χ1) is 26.7. The van der Waals surface area contributed by atoms with Crippen LogP contribution in [0, 0.1) is 0 Å². The van der Waals surface area contributed by atoms with Crippen molar-refractivity contribution in [2.75, 3.05) is 0 Å². The van der Waals surface area contributed by atoms with E-state index >= 15 is 0 Å². The van der Waals surface area contributed by atoms with Gasteiger partial charge in [0.25, 0.3) is 0 Å². The van der Waals surface area contributed by atoms with E-state index in [0.717, 1.165) is 58.1 Å². The van der Waals surface area contributed by atoms with E-state index in [9.17, 15) is 0 Å². The molecule has 0 aliphatic carbocycles. The highest BCUT2D eigenvalue weighted by Crippen LogP contribution is 2.42. The highest BCUT2D eigenvalue weighted by molar-refractivity contribution is 7.25. The van der Waals surface area contributed by atoms with Crippen LogP contribution in [0.5, 0.6) is 0 Å². The van der Waals surface area contributed by atoms with Gasteiger partial charge in [0.1, 0.15) is 5.58 Å². The standard InChI is InChI=1S/C48H32ClN3OS/c49-46-36(28-27-31-30-15-5-8-24-41(30)53-47(31)46)48-50-37(20-12-21-38(51-48)33-19-11-26-43-45(33)35-17-6-9-25-42(35)54-43)32-18-10-23-40-44(32)34-16-4-7-22-39(34)52(40)29-13-2-1-3-14-29/h1-11,13-19,22-28,37H,12,20-21H2. The lowest BCUT2D eigenvalue weighted by molar-refractivity contribution is 0.626. The summed E-state index contributed by atoms with van der Waals surface area (Å²) in [5.41, 5.74) is 9.11. The van der Waals surface area contributed by atoms with Crippen LogP contribution in [0.2, 0.25) is 5.02 Å². The van der Waals surface area contributed by atoms with Crippen LogP contribution in [0.3, 0.4) is 0 Å². The average molecular weight is 734 g/mol. The number of amidine groups is 1. The third-order valence-corrected chi connectivity index (χ3v) is 12.5. The van der Waals surface area contributed by atoms with Crippen molar-refractivity contribution in [3.63, 3.8) is 0 Å². The monoisotopic (exact) mass is 733 g/mol. The van der Waals surface area contributed by atoms with Crippen LogP contribution in [0.15, 0.2) is 166 Å². The maximum absolute atomic E-state index is 7.38. The Labute approximate surface area is 320 Å². The maximum atomic E-state index is 7.38. The number of para-hydroxylation sites is 3. The summed E-state index contributed by atoms with van der Waals surface area (Å²) < 4.78 is 11.3. The average Bonchev–Trinajstić information content (AvgIpc) is 3.89. The summed E-state index contributed by atoms with van der Waals surface area (Å²) in [5.74, 6) is 0.627. The number of nitrogens with zero attached hydrogens (tertiary/aromatic N) is 3. The van der Waals surface area contributed by atoms with Gasteiger partial charge in [-0.3, -0.25) is 4.99 Å². The van der Waals surface area contributed by atoms with Gasteiger partial charge in [-0.1, -0.05) is 109 Å². The number of aliphatic imine (C=N–C) groups is 2. The molecule has 4 heterocycles. The lowest BCUT2D eigenvalue weighted by Gasteiger charge is -2.21. The number of fused-ring (bicyclic) bond motifs is 9. The molecule has 0 saturated heterocycles. The number of halogens is 1. The number of hydrogen-bond donors (Lipinski definition) is 0. The molecule has 10 aromatic rings. The molecule has 3 aromatic heterocycles. The molecule has 0 radical (unpaired) electrons. The summed E-state index contributed by atoms with van der Waals surface area (Å²) in [6, 6.07) is 53.4. The molecule has 6 heteroatoms. The first kappa shape index (κ1) is 31.5. The van der Waals surface area contributed by atoms with Crippen LogP contribution in [-0.2, 0) is 0 Å². The van der Waals surface area contributed by atoms with E-state index in [0.29, 0.717) is 16.4 Å². The molecule has 1 aliphatic rings. The molecule has 258 valence electrons. The second kappa shape index (κ2) is 12.6. The molecule has 0 bridgehead atoms. The largest absolute Gasteiger partial charge is 0.454 e. The van der Waals surface area contributed by atoms with Crippen molar-refractivity contribution in [1.82, 2.24) is 4.57 Å². The van der Waals surface area contributed by atoms with Gasteiger partial charge in [-0.15, -0.1) is 11.3 Å². The van der Waals surface area contributed by atoms with Gasteiger partial charge >= 0.3 is 0 Å². The summed E-state index contributed by atoms with van der Waals surface area (Å²) in [6.45, 7) is 0. The van der Waals surface area contributed by atoms with Gasteiger partial charge in [0.15, 0.2) is 11.4 Å². The van der Waals surface area contributed by atoms with Crippen molar-refractivity contribution in [1.29, 1.82) is 0 Å². The summed E-state index contributed by atoms with van der Waals surface area (Å²) in [6.07, 6.45) is 2.60. The van der Waals surface area contributed by atoms with E-state index in [1.54, 1.807) is 0 Å². The molecule has 0 saturated carbocycles. The van der Waals surface area contributed by atoms with E-state index < -0.39 is 0 Å². The van der Waals surface area contributed by atoms with Gasteiger partial charge < -0.3 is 8.98 Å². The van der Waals surface area contributed by atoms with Crippen LogP contribution in [0.1, 0.15) is 42.0 Å². The van der Waals surface area contributed by atoms with Crippen LogP contribution in [0.25, 0.3) is 69.6 Å². The van der Waals surface area contributed by atoms with Crippen LogP contribution >= 0.6 is 22.9 Å². The minimum atomic E-state index is -0.149. The molecule has 1 atom stereocenters. The van der Waals surface area contributed by atoms with E-state index in [4.69, 9.17) is 26.0 Å². The van der Waals surface area contributed by atoms with E-state index in [2.05, 4.69) is 138 Å². The van der Waals surface area contributed by atoms with Crippen molar-refractivity contribution in [2.45, 2.75) is 25.3 Å². The summed E-state index contributed by atoms with van der Waals surface area (Å²) in [7, 11) is 0. The fraction of sp³-hybridized carbons (Fsp3) is 0.0833. The van der Waals surface area contributed by atoms with Crippen LogP contribution in [-0.4, -0.2) is 16.1 Å². The second-order valence-corrected chi connectivity index (χ2v) is 15.5. The van der Waals surface area contributed by atoms with E-state index in [-0.39, 0.29) is 6.04 Å². The minimum Gasteiger partial charge on any atom is -0.454 e. The molecule has 54 heavy (non-hydrogen) atoms. The lowest BCUT2D eigenvalue weighted by atomic mass is 9.93. The Morgan fingerprint density at radius 2 is 1.35 bits per heavy atom. The van der Waals surface area contributed by atoms with Crippen LogP contribution in [0.4, 0.5) is 0 Å². The van der Waals surface area contributed by atoms with Gasteiger partial charge in [-0.05, 0) is 79.4 Å². The van der Waals surface area contributed by atoms with E-state index in [1.165, 1.54) is 47.5 Å². The molecular formula is C48H32ClN3OS. The topological polar surface area (TPSA) is 42.8 Å². The Hall–Kier alpha value is -6.01. The highest BCUT2D eigenvalue weighted by atomic mass is 35.5. The number of aromatic nitrogens is 1. The Bertz CT molecular complexity index is 3170. The second-order valence-electron chi connectivity index (χ2n) is 14.0. The summed E-state index contributed by atoms with van der Waals surface area (Å²) >= 11 is 9.21. The molecule has 1 unspecified atom stereocenters. The SMILES string of the molecule is Clc1c(C2=NC(c3cccc4c3c3ccccc3n4-c3ccccc3)CCCC(c3cccc4sc5ccccc5c34)=N2)ccc2c1oc1ccccc12. The van der Waals surface area contributed by atoms with Gasteiger partial charge in [0.05, 0.1) is 27.8 Å². The lowest BCUT2D eigenvalue weighted by Crippen LogP contribution is -2.13. The number of thiophene rings is 1. The van der Waals surface area contributed by atoms with Crippen molar-refractivity contribution in [3.05, 3.63) is 173 Å². The van der Waals surface area contributed by atoms with Crippen molar-refractivity contribution in [3.8, 4) is 5.69 Å². The Morgan fingerprint density at radius 3 is 2.26 bits per heavy atom. The number of hydrogen-bond acceptors (Lipinski definition) is 4. The number of rotatable bonds is 4. The molecule has 11 rings (SSSR count). The van der Waals surface area contributed by atoms with Crippen LogP contribution < -0.4 is 0 Å². The molecule has 0 spiro atoms. The number of furan rings is 1. The molecule has 4 nitrogen and oxygen atoms in total. The smallest absolute Gasteiger partial charge is 0.157 e. The maximum Gasteiger partial charge on any atom is 0.157 e. The third-order valence-electron chi connectivity index (χ3n) is 11.0.